The molecule has 0 spiro atoms. The number of para-hydroxylation sites is 1. The molecule has 0 aliphatic rings. The van der Waals surface area contributed by atoms with Gasteiger partial charge in [0.1, 0.15) is 0 Å². The Balaban J connectivity index is 2.33. The van der Waals surface area contributed by atoms with E-state index < -0.39 is 5.97 Å². The second kappa shape index (κ2) is 8.19. The summed E-state index contributed by atoms with van der Waals surface area (Å²) in [5, 5.41) is 2.81. The molecule has 1 amide bonds. The van der Waals surface area contributed by atoms with E-state index in [2.05, 4.69) is 5.32 Å². The van der Waals surface area contributed by atoms with E-state index >= 15 is 0 Å². The second-order valence-corrected chi connectivity index (χ2v) is 5.19. The van der Waals surface area contributed by atoms with E-state index in [1.807, 2.05) is 0 Å². The van der Waals surface area contributed by atoms with Crippen LogP contribution < -0.4 is 14.8 Å². The fourth-order valence-electron chi connectivity index (χ4n) is 2.46. The molecule has 132 valence electrons. The van der Waals surface area contributed by atoms with Crippen LogP contribution in [-0.4, -0.2) is 32.7 Å². The summed E-state index contributed by atoms with van der Waals surface area (Å²) in [6.45, 7) is 3.79. The van der Waals surface area contributed by atoms with Crippen molar-refractivity contribution in [3.05, 3.63) is 53.1 Å². The number of anilines is 1. The summed E-state index contributed by atoms with van der Waals surface area (Å²) in [5.41, 5.74) is 1.91. The number of methoxy groups -OCH3 is 2. The molecule has 25 heavy (non-hydrogen) atoms. The van der Waals surface area contributed by atoms with E-state index in [-0.39, 0.29) is 12.5 Å². The number of carbonyl (C=O) groups excluding carboxylic acids is 2. The Labute approximate surface area is 146 Å². The number of hydrogen-bond acceptors (Lipinski definition) is 5. The average molecular weight is 343 g/mol. The number of benzene rings is 2. The lowest BCUT2D eigenvalue weighted by molar-refractivity contribution is 0.0525. The Morgan fingerprint density at radius 1 is 1.00 bits per heavy atom. The lowest BCUT2D eigenvalue weighted by atomic mass is 10.1. The molecule has 0 saturated heterocycles. The Kier molecular flexibility index (Phi) is 6.00. The fraction of sp³-hybridized carbons (Fsp3) is 0.263. The molecule has 6 nitrogen and oxygen atoms in total. The van der Waals surface area contributed by atoms with Gasteiger partial charge in [-0.2, -0.15) is 0 Å². The number of amides is 1. The zero-order chi connectivity index (χ0) is 18.4. The van der Waals surface area contributed by atoms with Crippen LogP contribution >= 0.6 is 0 Å². The molecule has 0 radical (unpaired) electrons. The largest absolute Gasteiger partial charge is 0.493 e. The van der Waals surface area contributed by atoms with Gasteiger partial charge in [0.15, 0.2) is 11.5 Å². The van der Waals surface area contributed by atoms with Crippen molar-refractivity contribution in [2.75, 3.05) is 26.1 Å². The third-order valence-corrected chi connectivity index (χ3v) is 3.72. The highest BCUT2D eigenvalue weighted by molar-refractivity contribution is 6.07. The van der Waals surface area contributed by atoms with Gasteiger partial charge in [0.05, 0.1) is 32.0 Å². The summed E-state index contributed by atoms with van der Waals surface area (Å²) in [7, 11) is 2.98. The van der Waals surface area contributed by atoms with E-state index in [4.69, 9.17) is 14.2 Å². The lowest BCUT2D eigenvalue weighted by Crippen LogP contribution is -2.16. The van der Waals surface area contributed by atoms with Crippen LogP contribution in [0.2, 0.25) is 0 Å². The molecular formula is C19H21NO5. The normalized spacial score (nSPS) is 10.1. The van der Waals surface area contributed by atoms with Crippen molar-refractivity contribution in [3.8, 4) is 11.5 Å². The molecule has 2 rings (SSSR count). The minimum atomic E-state index is -0.421. The van der Waals surface area contributed by atoms with Crippen LogP contribution in [0.5, 0.6) is 11.5 Å². The molecule has 2 aromatic rings. The Morgan fingerprint density at radius 3 is 2.32 bits per heavy atom. The van der Waals surface area contributed by atoms with E-state index in [9.17, 15) is 9.59 Å². The first-order valence-corrected chi connectivity index (χ1v) is 7.82. The van der Waals surface area contributed by atoms with Crippen molar-refractivity contribution in [1.29, 1.82) is 0 Å². The van der Waals surface area contributed by atoms with Crippen LogP contribution in [0.15, 0.2) is 36.4 Å². The molecule has 0 aliphatic heterocycles. The average Bonchev–Trinajstić information content (AvgIpc) is 2.62. The summed E-state index contributed by atoms with van der Waals surface area (Å²) >= 11 is 0. The van der Waals surface area contributed by atoms with Crippen molar-refractivity contribution in [1.82, 2.24) is 0 Å². The van der Waals surface area contributed by atoms with Crippen LogP contribution in [-0.2, 0) is 4.74 Å². The van der Waals surface area contributed by atoms with Gasteiger partial charge in [0.2, 0.25) is 0 Å². The van der Waals surface area contributed by atoms with E-state index in [0.29, 0.717) is 33.9 Å². The van der Waals surface area contributed by atoms with E-state index in [0.717, 1.165) is 0 Å². The predicted octanol–water partition coefficient (Wildman–Crippen LogP) is 3.44. The van der Waals surface area contributed by atoms with Gasteiger partial charge in [-0.05, 0) is 43.7 Å². The lowest BCUT2D eigenvalue weighted by Gasteiger charge is -2.14. The van der Waals surface area contributed by atoms with Gasteiger partial charge in [-0.25, -0.2) is 4.79 Å². The third-order valence-electron chi connectivity index (χ3n) is 3.72. The number of hydrogen-bond donors (Lipinski definition) is 1. The number of ether oxygens (including phenoxy) is 3. The maximum Gasteiger partial charge on any atom is 0.338 e. The summed E-state index contributed by atoms with van der Waals surface area (Å²) in [6.07, 6.45) is 0. The standard InChI is InChI=1S/C19H21NO5/c1-5-25-19(22)13-8-6-10-15(12(13)2)20-18(21)14-9-7-11-16(23-3)17(14)24-4/h6-11H,5H2,1-4H3,(H,20,21). The van der Waals surface area contributed by atoms with E-state index in [1.165, 1.54) is 14.2 Å². The smallest absolute Gasteiger partial charge is 0.338 e. The summed E-state index contributed by atoms with van der Waals surface area (Å²) in [6, 6.07) is 10.1. The summed E-state index contributed by atoms with van der Waals surface area (Å²) < 4.78 is 15.5. The van der Waals surface area contributed by atoms with Crippen molar-refractivity contribution < 1.29 is 23.8 Å². The molecule has 0 saturated carbocycles. The molecule has 2 aromatic carbocycles. The zero-order valence-corrected chi connectivity index (χ0v) is 14.7. The molecule has 0 aromatic heterocycles. The SMILES string of the molecule is CCOC(=O)c1cccc(NC(=O)c2cccc(OC)c2OC)c1C. The van der Waals surface area contributed by atoms with Crippen LogP contribution in [0.4, 0.5) is 5.69 Å². The monoisotopic (exact) mass is 343 g/mol. The fourth-order valence-corrected chi connectivity index (χ4v) is 2.46. The molecule has 0 heterocycles. The second-order valence-electron chi connectivity index (χ2n) is 5.19. The predicted molar refractivity (Wildman–Crippen MR) is 94.6 cm³/mol. The summed E-state index contributed by atoms with van der Waals surface area (Å²) in [4.78, 5) is 24.6. The molecule has 6 heteroatoms. The number of nitrogens with one attached hydrogen (secondary N) is 1. The molecule has 1 N–H and O–H groups in total. The van der Waals surface area contributed by atoms with E-state index in [1.54, 1.807) is 50.2 Å². The van der Waals surface area contributed by atoms with Gasteiger partial charge in [0, 0.05) is 5.69 Å². The van der Waals surface area contributed by atoms with Crippen LogP contribution in [0.1, 0.15) is 33.2 Å². The van der Waals surface area contributed by atoms with Crippen LogP contribution in [0.3, 0.4) is 0 Å². The number of rotatable bonds is 6. The van der Waals surface area contributed by atoms with Gasteiger partial charge >= 0.3 is 5.97 Å². The van der Waals surface area contributed by atoms with Crippen molar-refractivity contribution in [2.24, 2.45) is 0 Å². The quantitative estimate of drug-likeness (QED) is 0.813. The highest BCUT2D eigenvalue weighted by Gasteiger charge is 2.19. The minimum absolute atomic E-state index is 0.288. The number of esters is 1. The maximum atomic E-state index is 12.7. The molecule has 0 bridgehead atoms. The zero-order valence-electron chi connectivity index (χ0n) is 14.7. The summed E-state index contributed by atoms with van der Waals surface area (Å²) in [5.74, 6) is 0.0313. The van der Waals surface area contributed by atoms with Crippen molar-refractivity contribution in [3.63, 3.8) is 0 Å². The molecule has 0 unspecified atom stereocenters. The van der Waals surface area contributed by atoms with Gasteiger partial charge in [0.25, 0.3) is 5.91 Å². The first kappa shape index (κ1) is 18.3. The topological polar surface area (TPSA) is 73.9 Å². The van der Waals surface area contributed by atoms with Crippen molar-refractivity contribution >= 4 is 17.6 Å². The highest BCUT2D eigenvalue weighted by Crippen LogP contribution is 2.31. The molecule has 0 atom stereocenters. The Morgan fingerprint density at radius 2 is 1.68 bits per heavy atom. The van der Waals surface area contributed by atoms with Gasteiger partial charge in [-0.1, -0.05) is 12.1 Å². The minimum Gasteiger partial charge on any atom is -0.493 e. The highest BCUT2D eigenvalue weighted by atomic mass is 16.5. The Hall–Kier alpha value is -3.02. The van der Waals surface area contributed by atoms with Gasteiger partial charge < -0.3 is 19.5 Å². The first-order chi connectivity index (χ1) is 12.0. The van der Waals surface area contributed by atoms with Crippen LogP contribution in [0.25, 0.3) is 0 Å². The van der Waals surface area contributed by atoms with Crippen LogP contribution in [0, 0.1) is 6.92 Å². The van der Waals surface area contributed by atoms with Crippen molar-refractivity contribution in [2.45, 2.75) is 13.8 Å². The molecule has 0 aliphatic carbocycles. The van der Waals surface area contributed by atoms with Gasteiger partial charge in [-0.15, -0.1) is 0 Å². The third kappa shape index (κ3) is 3.91. The number of carbonyl (C=O) groups is 2. The first-order valence-electron chi connectivity index (χ1n) is 7.82. The molecular weight excluding hydrogens is 322 g/mol. The molecule has 0 fully saturated rings. The Bertz CT molecular complexity index is 785. The van der Waals surface area contributed by atoms with Gasteiger partial charge in [-0.3, -0.25) is 4.79 Å². The maximum absolute atomic E-state index is 12.7.